The second kappa shape index (κ2) is 5.39. The lowest BCUT2D eigenvalue weighted by Crippen LogP contribution is -2.20. The van der Waals surface area contributed by atoms with E-state index in [4.69, 9.17) is 10.8 Å². The van der Waals surface area contributed by atoms with E-state index >= 15 is 0 Å². The topological polar surface area (TPSA) is 79.5 Å². The number of hydrogen-bond donors (Lipinski definition) is 2. The number of benzene rings is 1. The first-order valence-electron chi connectivity index (χ1n) is 5.96. The maximum Gasteiger partial charge on any atom is 0.354 e. The standard InChI is InChI=1S/C14H15N3O2/c1-2-17(10-6-4-3-5-7-10)13-11(15)8-9-12(16-13)14(18)19/h3-9H,2,15H2,1H3,(H,18,19). The summed E-state index contributed by atoms with van der Waals surface area (Å²) < 4.78 is 0. The van der Waals surface area contributed by atoms with Crippen molar-refractivity contribution in [2.45, 2.75) is 6.92 Å². The molecule has 1 aromatic heterocycles. The number of pyridine rings is 1. The van der Waals surface area contributed by atoms with Gasteiger partial charge in [-0.2, -0.15) is 0 Å². The lowest BCUT2D eigenvalue weighted by Gasteiger charge is -2.23. The van der Waals surface area contributed by atoms with Crippen LogP contribution in [-0.4, -0.2) is 22.6 Å². The van der Waals surface area contributed by atoms with Crippen LogP contribution >= 0.6 is 0 Å². The van der Waals surface area contributed by atoms with E-state index in [1.54, 1.807) is 6.07 Å². The predicted octanol–water partition coefficient (Wildman–Crippen LogP) is 2.52. The van der Waals surface area contributed by atoms with E-state index in [0.29, 0.717) is 18.1 Å². The minimum absolute atomic E-state index is 0.0152. The average molecular weight is 257 g/mol. The maximum atomic E-state index is 11.0. The number of carbonyl (C=O) groups is 1. The number of hydrogen-bond acceptors (Lipinski definition) is 4. The summed E-state index contributed by atoms with van der Waals surface area (Å²) >= 11 is 0. The summed E-state index contributed by atoms with van der Waals surface area (Å²) in [5.74, 6) is -0.598. The van der Waals surface area contributed by atoms with Gasteiger partial charge < -0.3 is 15.7 Å². The number of aromatic nitrogens is 1. The molecule has 5 heteroatoms. The molecule has 2 rings (SSSR count). The van der Waals surface area contributed by atoms with E-state index in [1.807, 2.05) is 42.2 Å². The molecule has 5 nitrogen and oxygen atoms in total. The summed E-state index contributed by atoms with van der Waals surface area (Å²) in [6.07, 6.45) is 0. The minimum Gasteiger partial charge on any atom is -0.477 e. The van der Waals surface area contributed by atoms with Crippen molar-refractivity contribution in [3.05, 3.63) is 48.2 Å². The number of anilines is 3. The second-order valence-electron chi connectivity index (χ2n) is 3.99. The van der Waals surface area contributed by atoms with Crippen LogP contribution in [0.1, 0.15) is 17.4 Å². The Labute approximate surface area is 111 Å². The van der Waals surface area contributed by atoms with Crippen LogP contribution in [0, 0.1) is 0 Å². The van der Waals surface area contributed by atoms with Gasteiger partial charge in [-0.1, -0.05) is 18.2 Å². The highest BCUT2D eigenvalue weighted by Crippen LogP contribution is 2.28. The van der Waals surface area contributed by atoms with E-state index in [-0.39, 0.29) is 5.69 Å². The molecule has 0 aliphatic heterocycles. The van der Waals surface area contributed by atoms with Gasteiger partial charge in [0.05, 0.1) is 5.69 Å². The van der Waals surface area contributed by atoms with Crippen molar-refractivity contribution in [3.63, 3.8) is 0 Å². The molecule has 0 saturated heterocycles. The number of carboxylic acids is 1. The normalized spacial score (nSPS) is 10.2. The van der Waals surface area contributed by atoms with Crippen LogP contribution in [0.4, 0.5) is 17.2 Å². The SMILES string of the molecule is CCN(c1ccccc1)c1nc(C(=O)O)ccc1N. The van der Waals surface area contributed by atoms with E-state index in [0.717, 1.165) is 5.69 Å². The molecule has 0 amide bonds. The van der Waals surface area contributed by atoms with Crippen LogP contribution in [0.3, 0.4) is 0 Å². The molecule has 98 valence electrons. The van der Waals surface area contributed by atoms with Crippen LogP contribution in [0.2, 0.25) is 0 Å². The van der Waals surface area contributed by atoms with Crippen molar-refractivity contribution in [1.82, 2.24) is 4.98 Å². The van der Waals surface area contributed by atoms with Gasteiger partial charge in [-0.05, 0) is 31.2 Å². The lowest BCUT2D eigenvalue weighted by molar-refractivity contribution is 0.0690. The van der Waals surface area contributed by atoms with E-state index in [9.17, 15) is 4.79 Å². The first-order valence-corrected chi connectivity index (χ1v) is 5.96. The maximum absolute atomic E-state index is 11.0. The van der Waals surface area contributed by atoms with Gasteiger partial charge in [0, 0.05) is 12.2 Å². The number of carboxylic acid groups (broad SMARTS) is 1. The number of nitrogen functional groups attached to an aromatic ring is 1. The zero-order valence-electron chi connectivity index (χ0n) is 10.6. The Balaban J connectivity index is 2.49. The molecule has 3 N–H and O–H groups in total. The molecule has 2 aromatic rings. The number of rotatable bonds is 4. The highest BCUT2D eigenvalue weighted by atomic mass is 16.4. The first-order chi connectivity index (χ1) is 9.13. The Morgan fingerprint density at radius 2 is 1.95 bits per heavy atom. The highest BCUT2D eigenvalue weighted by molar-refractivity contribution is 5.87. The van der Waals surface area contributed by atoms with Gasteiger partial charge in [-0.15, -0.1) is 0 Å². The predicted molar refractivity (Wildman–Crippen MR) is 74.7 cm³/mol. The van der Waals surface area contributed by atoms with Gasteiger partial charge in [-0.25, -0.2) is 9.78 Å². The van der Waals surface area contributed by atoms with E-state index in [2.05, 4.69) is 4.98 Å². The van der Waals surface area contributed by atoms with Gasteiger partial charge in [0.25, 0.3) is 0 Å². The molecule has 0 radical (unpaired) electrons. The molecule has 0 atom stereocenters. The Morgan fingerprint density at radius 1 is 1.26 bits per heavy atom. The third kappa shape index (κ3) is 2.65. The number of aromatic carboxylic acids is 1. The zero-order valence-corrected chi connectivity index (χ0v) is 10.6. The molecular weight excluding hydrogens is 242 g/mol. The van der Waals surface area contributed by atoms with Crippen molar-refractivity contribution < 1.29 is 9.90 Å². The van der Waals surface area contributed by atoms with Crippen LogP contribution in [-0.2, 0) is 0 Å². The summed E-state index contributed by atoms with van der Waals surface area (Å²) in [6.45, 7) is 2.60. The van der Waals surface area contributed by atoms with Gasteiger partial charge in [-0.3, -0.25) is 0 Å². The zero-order chi connectivity index (χ0) is 13.8. The third-order valence-electron chi connectivity index (χ3n) is 2.76. The third-order valence-corrected chi connectivity index (χ3v) is 2.76. The average Bonchev–Trinajstić information content (AvgIpc) is 2.42. The Hall–Kier alpha value is -2.56. The molecular formula is C14H15N3O2. The van der Waals surface area contributed by atoms with Crippen molar-refractivity contribution in [3.8, 4) is 0 Å². The van der Waals surface area contributed by atoms with E-state index < -0.39 is 5.97 Å². The molecule has 0 spiro atoms. The van der Waals surface area contributed by atoms with Crippen molar-refractivity contribution in [2.75, 3.05) is 17.2 Å². The van der Waals surface area contributed by atoms with Crippen LogP contribution in [0.15, 0.2) is 42.5 Å². The van der Waals surface area contributed by atoms with Gasteiger partial charge in [0.2, 0.25) is 0 Å². The molecule has 0 aliphatic carbocycles. The van der Waals surface area contributed by atoms with Crippen LogP contribution < -0.4 is 10.6 Å². The molecule has 0 saturated carbocycles. The summed E-state index contributed by atoms with van der Waals surface area (Å²) in [7, 11) is 0. The Kier molecular flexibility index (Phi) is 3.66. The fourth-order valence-corrected chi connectivity index (χ4v) is 1.86. The Bertz CT molecular complexity index is 584. The summed E-state index contributed by atoms with van der Waals surface area (Å²) in [5.41, 5.74) is 7.27. The first kappa shape index (κ1) is 12.9. The molecule has 1 aromatic carbocycles. The quantitative estimate of drug-likeness (QED) is 0.879. The van der Waals surface area contributed by atoms with Gasteiger partial charge in [0.1, 0.15) is 0 Å². The largest absolute Gasteiger partial charge is 0.477 e. The highest BCUT2D eigenvalue weighted by Gasteiger charge is 2.15. The molecule has 19 heavy (non-hydrogen) atoms. The fourth-order valence-electron chi connectivity index (χ4n) is 1.86. The minimum atomic E-state index is -1.06. The molecule has 0 fully saturated rings. The van der Waals surface area contributed by atoms with Crippen LogP contribution in [0.5, 0.6) is 0 Å². The molecule has 0 aliphatic rings. The second-order valence-corrected chi connectivity index (χ2v) is 3.99. The van der Waals surface area contributed by atoms with Gasteiger partial charge >= 0.3 is 5.97 Å². The van der Waals surface area contributed by atoms with Crippen LogP contribution in [0.25, 0.3) is 0 Å². The van der Waals surface area contributed by atoms with E-state index in [1.165, 1.54) is 6.07 Å². The molecule has 0 bridgehead atoms. The molecule has 0 unspecified atom stereocenters. The van der Waals surface area contributed by atoms with Crippen molar-refractivity contribution in [2.24, 2.45) is 0 Å². The monoisotopic (exact) mass is 257 g/mol. The number of nitrogens with two attached hydrogens (primary N) is 1. The summed E-state index contributed by atoms with van der Waals surface area (Å²) in [4.78, 5) is 17.0. The fraction of sp³-hybridized carbons (Fsp3) is 0.143. The Morgan fingerprint density at radius 3 is 2.53 bits per heavy atom. The van der Waals surface area contributed by atoms with Crippen molar-refractivity contribution >= 4 is 23.2 Å². The number of nitrogens with zero attached hydrogens (tertiary/aromatic N) is 2. The summed E-state index contributed by atoms with van der Waals surface area (Å²) in [6, 6.07) is 12.6. The smallest absolute Gasteiger partial charge is 0.354 e. The van der Waals surface area contributed by atoms with Gasteiger partial charge in [0.15, 0.2) is 11.5 Å². The summed E-state index contributed by atoms with van der Waals surface area (Å²) in [5, 5.41) is 9.00. The van der Waals surface area contributed by atoms with Crippen molar-refractivity contribution in [1.29, 1.82) is 0 Å². The number of para-hydroxylation sites is 1. The lowest BCUT2D eigenvalue weighted by atomic mass is 10.2. The molecule has 1 heterocycles.